The lowest BCUT2D eigenvalue weighted by Gasteiger charge is -2.31. The Bertz CT molecular complexity index is 988. The first-order valence-corrected chi connectivity index (χ1v) is 11.8. The molecule has 2 atom stereocenters. The van der Waals surface area contributed by atoms with E-state index in [1.807, 2.05) is 20.8 Å². The molecule has 0 aliphatic heterocycles. The zero-order valence-corrected chi connectivity index (χ0v) is 19.4. The molecule has 0 fully saturated rings. The molecule has 158 valence electrons. The highest BCUT2D eigenvalue weighted by atomic mass is 35.5. The molecule has 0 aliphatic carbocycles. The highest BCUT2D eigenvalue weighted by Gasteiger charge is 2.32. The van der Waals surface area contributed by atoms with Gasteiger partial charge in [0.15, 0.2) is 0 Å². The van der Waals surface area contributed by atoms with Gasteiger partial charge >= 0.3 is 0 Å². The van der Waals surface area contributed by atoms with E-state index in [0.29, 0.717) is 17.1 Å². The molecule has 7 heteroatoms. The van der Waals surface area contributed by atoms with Crippen LogP contribution < -0.4 is 9.62 Å². The lowest BCUT2D eigenvalue weighted by Crippen LogP contribution is -2.49. The number of rotatable bonds is 7. The zero-order chi connectivity index (χ0) is 21.9. The molecule has 0 saturated carbocycles. The molecule has 29 heavy (non-hydrogen) atoms. The van der Waals surface area contributed by atoms with E-state index in [1.54, 1.807) is 31.2 Å². The number of halogens is 1. The summed E-state index contributed by atoms with van der Waals surface area (Å²) in [6.45, 7) is 9.81. The number of anilines is 1. The summed E-state index contributed by atoms with van der Waals surface area (Å²) >= 11 is 5.93. The van der Waals surface area contributed by atoms with Gasteiger partial charge in [0.2, 0.25) is 15.9 Å². The number of aryl methyl sites for hydroxylation is 3. The van der Waals surface area contributed by atoms with Crippen molar-refractivity contribution in [1.82, 2.24) is 5.32 Å². The molecule has 1 amide bonds. The molecule has 0 saturated heterocycles. The first-order chi connectivity index (χ1) is 13.5. The van der Waals surface area contributed by atoms with Crippen LogP contribution in [0, 0.1) is 20.8 Å². The maximum atomic E-state index is 13.1. The van der Waals surface area contributed by atoms with Crippen LogP contribution in [0.2, 0.25) is 5.02 Å². The van der Waals surface area contributed by atoms with Crippen LogP contribution in [0.15, 0.2) is 36.4 Å². The van der Waals surface area contributed by atoms with Gasteiger partial charge in [-0.3, -0.25) is 9.10 Å². The Morgan fingerprint density at radius 2 is 1.62 bits per heavy atom. The average molecular weight is 437 g/mol. The highest BCUT2D eigenvalue weighted by Crippen LogP contribution is 2.26. The smallest absolute Gasteiger partial charge is 0.244 e. The number of carbonyl (C=O) groups is 1. The maximum absolute atomic E-state index is 13.1. The van der Waals surface area contributed by atoms with Crippen LogP contribution in [0.1, 0.15) is 48.6 Å². The minimum Gasteiger partial charge on any atom is -0.348 e. The van der Waals surface area contributed by atoms with Crippen molar-refractivity contribution in [3.63, 3.8) is 0 Å². The van der Waals surface area contributed by atoms with Crippen LogP contribution in [-0.2, 0) is 14.8 Å². The number of hydrogen-bond donors (Lipinski definition) is 1. The Morgan fingerprint density at radius 3 is 2.14 bits per heavy atom. The molecule has 2 aromatic carbocycles. The summed E-state index contributed by atoms with van der Waals surface area (Å²) in [5.41, 5.74) is 4.87. The summed E-state index contributed by atoms with van der Waals surface area (Å²) < 4.78 is 26.2. The monoisotopic (exact) mass is 436 g/mol. The van der Waals surface area contributed by atoms with E-state index in [4.69, 9.17) is 11.6 Å². The van der Waals surface area contributed by atoms with Gasteiger partial charge in [-0.05, 0) is 80.6 Å². The standard InChI is InChI=1S/C22H29ClN2O3S/c1-7-21(25(29(6,27)28)19-10-8-18(23)9-11-19)22(26)24-17(5)20-13-15(3)14(2)12-16(20)4/h8-13,17,21H,7H2,1-6H3,(H,24,26)/t17-,21+/m1/s1. The Balaban J connectivity index is 2.34. The van der Waals surface area contributed by atoms with Gasteiger partial charge in [0.05, 0.1) is 18.0 Å². The molecule has 5 nitrogen and oxygen atoms in total. The van der Waals surface area contributed by atoms with Gasteiger partial charge in [-0.2, -0.15) is 0 Å². The predicted molar refractivity (Wildman–Crippen MR) is 120 cm³/mol. The van der Waals surface area contributed by atoms with E-state index >= 15 is 0 Å². The molecule has 1 N–H and O–H groups in total. The molecule has 0 spiro atoms. The summed E-state index contributed by atoms with van der Waals surface area (Å²) in [6, 6.07) is 9.50. The lowest BCUT2D eigenvalue weighted by atomic mass is 9.96. The number of amides is 1. The summed E-state index contributed by atoms with van der Waals surface area (Å²) in [7, 11) is -3.68. The van der Waals surface area contributed by atoms with Crippen molar-refractivity contribution in [1.29, 1.82) is 0 Å². The van der Waals surface area contributed by atoms with E-state index in [9.17, 15) is 13.2 Å². The fourth-order valence-electron chi connectivity index (χ4n) is 3.48. The van der Waals surface area contributed by atoms with Crippen LogP contribution in [0.5, 0.6) is 0 Å². The second kappa shape index (κ2) is 9.18. The SMILES string of the molecule is CC[C@@H](C(=O)N[C@H](C)c1cc(C)c(C)cc1C)N(c1ccc(Cl)cc1)S(C)(=O)=O. The minimum absolute atomic E-state index is 0.248. The van der Waals surface area contributed by atoms with E-state index < -0.39 is 16.1 Å². The van der Waals surface area contributed by atoms with E-state index in [-0.39, 0.29) is 11.9 Å². The first-order valence-electron chi connectivity index (χ1n) is 9.58. The number of carbonyl (C=O) groups excluding carboxylic acids is 1. The van der Waals surface area contributed by atoms with Crippen LogP contribution in [-0.4, -0.2) is 26.6 Å². The summed E-state index contributed by atoms with van der Waals surface area (Å²) in [5.74, 6) is -0.335. The number of nitrogens with zero attached hydrogens (tertiary/aromatic N) is 1. The topological polar surface area (TPSA) is 66.5 Å². The summed E-state index contributed by atoms with van der Waals surface area (Å²) in [4.78, 5) is 13.1. The van der Waals surface area contributed by atoms with Gasteiger partial charge in [-0.25, -0.2) is 8.42 Å². The molecule has 0 bridgehead atoms. The van der Waals surface area contributed by atoms with Gasteiger partial charge in [0.25, 0.3) is 0 Å². The quantitative estimate of drug-likeness (QED) is 0.684. The number of sulfonamides is 1. The van der Waals surface area contributed by atoms with Gasteiger partial charge in [-0.15, -0.1) is 0 Å². The molecule has 0 radical (unpaired) electrons. The van der Waals surface area contributed by atoms with Crippen molar-refractivity contribution in [2.75, 3.05) is 10.6 Å². The largest absolute Gasteiger partial charge is 0.348 e. The van der Waals surface area contributed by atoms with Crippen LogP contribution in [0.3, 0.4) is 0 Å². The molecular formula is C22H29ClN2O3S. The number of hydrogen-bond acceptors (Lipinski definition) is 3. The van der Waals surface area contributed by atoms with E-state index in [0.717, 1.165) is 22.9 Å². The highest BCUT2D eigenvalue weighted by molar-refractivity contribution is 7.92. The Hall–Kier alpha value is -2.05. The second-order valence-electron chi connectivity index (χ2n) is 7.48. The molecular weight excluding hydrogens is 408 g/mol. The summed E-state index contributed by atoms with van der Waals surface area (Å²) in [5, 5.41) is 3.50. The molecule has 0 unspecified atom stereocenters. The van der Waals surface area contributed by atoms with E-state index in [1.165, 1.54) is 9.87 Å². The van der Waals surface area contributed by atoms with E-state index in [2.05, 4.69) is 24.4 Å². The Kier molecular flexibility index (Phi) is 7.35. The van der Waals surface area contributed by atoms with Crippen molar-refractivity contribution in [2.45, 2.75) is 53.1 Å². The lowest BCUT2D eigenvalue weighted by molar-refractivity contribution is -0.122. The van der Waals surface area contributed by atoms with Crippen LogP contribution in [0.25, 0.3) is 0 Å². The molecule has 0 aromatic heterocycles. The molecule has 2 rings (SSSR count). The number of nitrogens with one attached hydrogen (secondary N) is 1. The van der Waals surface area contributed by atoms with Gasteiger partial charge in [-0.1, -0.05) is 30.7 Å². The minimum atomic E-state index is -3.68. The second-order valence-corrected chi connectivity index (χ2v) is 9.78. The van der Waals surface area contributed by atoms with Crippen molar-refractivity contribution in [3.8, 4) is 0 Å². The molecule has 0 aliphatic rings. The van der Waals surface area contributed by atoms with Crippen molar-refractivity contribution < 1.29 is 13.2 Å². The van der Waals surface area contributed by atoms with Crippen molar-refractivity contribution >= 4 is 33.2 Å². The fourth-order valence-corrected chi connectivity index (χ4v) is 4.82. The fraction of sp³-hybridized carbons (Fsp3) is 0.409. The van der Waals surface area contributed by atoms with Crippen LogP contribution >= 0.6 is 11.6 Å². The Morgan fingerprint density at radius 1 is 1.07 bits per heavy atom. The zero-order valence-electron chi connectivity index (χ0n) is 17.8. The van der Waals surface area contributed by atoms with Crippen LogP contribution in [0.4, 0.5) is 5.69 Å². The van der Waals surface area contributed by atoms with Gasteiger partial charge in [0.1, 0.15) is 6.04 Å². The normalized spacial score (nSPS) is 13.6. The van der Waals surface area contributed by atoms with Gasteiger partial charge in [0, 0.05) is 5.02 Å². The maximum Gasteiger partial charge on any atom is 0.244 e. The van der Waals surface area contributed by atoms with Crippen molar-refractivity contribution in [2.24, 2.45) is 0 Å². The first kappa shape index (κ1) is 23.2. The third-order valence-corrected chi connectivity index (χ3v) is 6.55. The Labute approximate surface area is 179 Å². The van der Waals surface area contributed by atoms with Gasteiger partial charge < -0.3 is 5.32 Å². The third kappa shape index (κ3) is 5.52. The summed E-state index contributed by atoms with van der Waals surface area (Å²) in [6.07, 6.45) is 1.44. The average Bonchev–Trinajstić information content (AvgIpc) is 2.62. The molecule has 2 aromatic rings. The number of benzene rings is 2. The molecule has 0 heterocycles. The predicted octanol–water partition coefficient (Wildman–Crippen LogP) is 4.69. The van der Waals surface area contributed by atoms with Crippen molar-refractivity contribution in [3.05, 3.63) is 63.7 Å². The third-order valence-electron chi connectivity index (χ3n) is 5.12.